The van der Waals surface area contributed by atoms with Gasteiger partial charge in [-0.25, -0.2) is 0 Å². The molecule has 1 fully saturated rings. The molecule has 1 aliphatic heterocycles. The maximum Gasteiger partial charge on any atom is 0.169 e. The van der Waals surface area contributed by atoms with Crippen molar-refractivity contribution in [1.82, 2.24) is 10.2 Å². The van der Waals surface area contributed by atoms with Crippen molar-refractivity contribution < 1.29 is 4.42 Å². The van der Waals surface area contributed by atoms with Gasteiger partial charge in [0.1, 0.15) is 5.76 Å². The van der Waals surface area contributed by atoms with E-state index in [2.05, 4.69) is 33.1 Å². The van der Waals surface area contributed by atoms with Crippen molar-refractivity contribution in [3.05, 3.63) is 22.6 Å². The molecule has 0 spiro atoms. The molecule has 0 aliphatic carbocycles. The predicted molar refractivity (Wildman–Crippen MR) is 73.0 cm³/mol. The number of likely N-dealkylation sites (tertiary alicyclic amines) is 1. The van der Waals surface area contributed by atoms with Gasteiger partial charge >= 0.3 is 0 Å². The summed E-state index contributed by atoms with van der Waals surface area (Å²) in [5.41, 5.74) is 0. The highest BCUT2D eigenvalue weighted by Gasteiger charge is 2.17. The molecular formula is C13H21BrN2O. The average Bonchev–Trinajstić information content (AvgIpc) is 2.76. The van der Waals surface area contributed by atoms with Crippen LogP contribution in [0.2, 0.25) is 0 Å². The van der Waals surface area contributed by atoms with Gasteiger partial charge in [-0.1, -0.05) is 6.92 Å². The quantitative estimate of drug-likeness (QED) is 0.906. The zero-order valence-corrected chi connectivity index (χ0v) is 12.0. The molecule has 4 heteroatoms. The van der Waals surface area contributed by atoms with Gasteiger partial charge in [0.2, 0.25) is 0 Å². The number of nitrogens with zero attached hydrogens (tertiary/aromatic N) is 1. The van der Waals surface area contributed by atoms with E-state index in [0.29, 0.717) is 0 Å². The van der Waals surface area contributed by atoms with Crippen LogP contribution >= 0.6 is 15.9 Å². The van der Waals surface area contributed by atoms with Crippen LogP contribution in [0.25, 0.3) is 0 Å². The Morgan fingerprint density at radius 2 is 2.18 bits per heavy atom. The summed E-state index contributed by atoms with van der Waals surface area (Å²) >= 11 is 3.32. The third-order valence-corrected chi connectivity index (χ3v) is 3.94. The summed E-state index contributed by atoms with van der Waals surface area (Å²) in [6.07, 6.45) is 2.64. The number of hydrogen-bond acceptors (Lipinski definition) is 3. The van der Waals surface area contributed by atoms with Gasteiger partial charge in [-0.15, -0.1) is 0 Å². The number of hydrogen-bond donors (Lipinski definition) is 1. The zero-order valence-electron chi connectivity index (χ0n) is 10.4. The predicted octanol–water partition coefficient (Wildman–Crippen LogP) is 2.86. The van der Waals surface area contributed by atoms with Crippen LogP contribution in [0.3, 0.4) is 0 Å². The van der Waals surface area contributed by atoms with Crippen LogP contribution in [0.1, 0.15) is 25.5 Å². The Bertz CT molecular complexity index is 332. The van der Waals surface area contributed by atoms with E-state index in [-0.39, 0.29) is 0 Å². The van der Waals surface area contributed by atoms with Gasteiger partial charge in [0, 0.05) is 0 Å². The Hall–Kier alpha value is -0.320. The SMILES string of the molecule is CCN1CCC(CNCc2ccc(Br)o2)CC1. The minimum Gasteiger partial charge on any atom is -0.453 e. The van der Waals surface area contributed by atoms with Crippen LogP contribution < -0.4 is 5.32 Å². The molecule has 3 nitrogen and oxygen atoms in total. The minimum atomic E-state index is 0.811. The summed E-state index contributed by atoms with van der Waals surface area (Å²) in [6, 6.07) is 3.95. The average molecular weight is 301 g/mol. The number of nitrogens with one attached hydrogen (secondary N) is 1. The van der Waals surface area contributed by atoms with Crippen molar-refractivity contribution in [3.63, 3.8) is 0 Å². The second-order valence-electron chi connectivity index (χ2n) is 4.71. The van der Waals surface area contributed by atoms with Gasteiger partial charge in [0.15, 0.2) is 4.67 Å². The second-order valence-corrected chi connectivity index (χ2v) is 5.50. The lowest BCUT2D eigenvalue weighted by molar-refractivity contribution is 0.189. The topological polar surface area (TPSA) is 28.4 Å². The first-order valence-electron chi connectivity index (χ1n) is 6.45. The van der Waals surface area contributed by atoms with E-state index >= 15 is 0 Å². The highest BCUT2D eigenvalue weighted by atomic mass is 79.9. The van der Waals surface area contributed by atoms with Crippen LogP contribution in [0.5, 0.6) is 0 Å². The Kier molecular flexibility index (Phi) is 5.07. The van der Waals surface area contributed by atoms with Crippen LogP contribution in [0.4, 0.5) is 0 Å². The molecule has 1 aliphatic rings. The summed E-state index contributed by atoms with van der Waals surface area (Å²) in [5, 5.41) is 3.48. The fourth-order valence-electron chi connectivity index (χ4n) is 2.35. The third kappa shape index (κ3) is 4.12. The molecule has 0 amide bonds. The van der Waals surface area contributed by atoms with E-state index < -0.39 is 0 Å². The molecule has 17 heavy (non-hydrogen) atoms. The summed E-state index contributed by atoms with van der Waals surface area (Å²) in [6.45, 7) is 7.90. The van der Waals surface area contributed by atoms with E-state index in [1.165, 1.54) is 32.5 Å². The number of rotatable bonds is 5. The van der Waals surface area contributed by atoms with Crippen LogP contribution in [-0.2, 0) is 6.54 Å². The van der Waals surface area contributed by atoms with Crippen molar-refractivity contribution in [2.24, 2.45) is 5.92 Å². The summed E-state index contributed by atoms with van der Waals surface area (Å²) in [4.78, 5) is 2.53. The van der Waals surface area contributed by atoms with Crippen molar-refractivity contribution in [1.29, 1.82) is 0 Å². The highest BCUT2D eigenvalue weighted by Crippen LogP contribution is 2.17. The van der Waals surface area contributed by atoms with Crippen LogP contribution in [0.15, 0.2) is 21.2 Å². The Morgan fingerprint density at radius 1 is 1.41 bits per heavy atom. The molecular weight excluding hydrogens is 280 g/mol. The van der Waals surface area contributed by atoms with Gasteiger partial charge in [-0.2, -0.15) is 0 Å². The lowest BCUT2D eigenvalue weighted by Crippen LogP contribution is -2.36. The molecule has 1 aromatic heterocycles. The van der Waals surface area contributed by atoms with E-state index in [0.717, 1.165) is 29.4 Å². The van der Waals surface area contributed by atoms with Crippen molar-refractivity contribution in [2.75, 3.05) is 26.2 Å². The molecule has 1 N–H and O–H groups in total. The fourth-order valence-corrected chi connectivity index (χ4v) is 2.69. The van der Waals surface area contributed by atoms with E-state index in [1.54, 1.807) is 0 Å². The molecule has 0 unspecified atom stereocenters. The second kappa shape index (κ2) is 6.57. The third-order valence-electron chi connectivity index (χ3n) is 3.52. The molecule has 96 valence electrons. The van der Waals surface area contributed by atoms with Gasteiger partial charge in [-0.3, -0.25) is 0 Å². The summed E-state index contributed by atoms with van der Waals surface area (Å²) in [7, 11) is 0. The van der Waals surface area contributed by atoms with Gasteiger partial charge in [-0.05, 0) is 73.0 Å². The molecule has 0 aromatic carbocycles. The van der Waals surface area contributed by atoms with Gasteiger partial charge < -0.3 is 14.6 Å². The summed E-state index contributed by atoms with van der Waals surface area (Å²) in [5.74, 6) is 1.83. The van der Waals surface area contributed by atoms with Crippen LogP contribution in [-0.4, -0.2) is 31.1 Å². The van der Waals surface area contributed by atoms with Crippen molar-refractivity contribution >= 4 is 15.9 Å². The maximum atomic E-state index is 5.45. The molecule has 1 saturated heterocycles. The monoisotopic (exact) mass is 300 g/mol. The van der Waals surface area contributed by atoms with Crippen molar-refractivity contribution in [2.45, 2.75) is 26.3 Å². The molecule has 0 saturated carbocycles. The normalized spacial score (nSPS) is 18.7. The molecule has 0 radical (unpaired) electrons. The Balaban J connectivity index is 1.63. The molecule has 2 rings (SSSR count). The smallest absolute Gasteiger partial charge is 0.169 e. The lowest BCUT2D eigenvalue weighted by atomic mass is 9.97. The molecule has 0 atom stereocenters. The maximum absolute atomic E-state index is 5.45. The highest BCUT2D eigenvalue weighted by molar-refractivity contribution is 9.10. The first-order chi connectivity index (χ1) is 8.28. The molecule has 2 heterocycles. The summed E-state index contributed by atoms with van der Waals surface area (Å²) < 4.78 is 6.26. The van der Waals surface area contributed by atoms with Crippen LogP contribution in [0, 0.1) is 5.92 Å². The fraction of sp³-hybridized carbons (Fsp3) is 0.692. The largest absolute Gasteiger partial charge is 0.453 e. The first-order valence-corrected chi connectivity index (χ1v) is 7.24. The van der Waals surface area contributed by atoms with E-state index in [9.17, 15) is 0 Å². The molecule has 0 bridgehead atoms. The minimum absolute atomic E-state index is 0.811. The number of halogens is 1. The van der Waals surface area contributed by atoms with E-state index in [4.69, 9.17) is 4.42 Å². The van der Waals surface area contributed by atoms with Gasteiger partial charge in [0.05, 0.1) is 6.54 Å². The number of furan rings is 1. The Labute approximate surface area is 112 Å². The number of piperidine rings is 1. The Morgan fingerprint density at radius 3 is 2.76 bits per heavy atom. The van der Waals surface area contributed by atoms with Gasteiger partial charge in [0.25, 0.3) is 0 Å². The standard InChI is InChI=1S/C13H21BrN2O/c1-2-16-7-5-11(6-8-16)9-15-10-12-3-4-13(14)17-12/h3-4,11,15H,2,5-10H2,1H3. The lowest BCUT2D eigenvalue weighted by Gasteiger charge is -2.31. The first kappa shape index (κ1) is 13.1. The molecule has 1 aromatic rings. The van der Waals surface area contributed by atoms with Crippen molar-refractivity contribution in [3.8, 4) is 0 Å². The van der Waals surface area contributed by atoms with E-state index in [1.807, 2.05) is 12.1 Å². The zero-order chi connectivity index (χ0) is 12.1.